The van der Waals surface area contributed by atoms with Gasteiger partial charge < -0.3 is 10.1 Å². The SMILES string of the molecule is CCC(NCC1CCCN1CC)c1ccc(OC)cc1. The van der Waals surface area contributed by atoms with Crippen molar-refractivity contribution in [1.29, 1.82) is 0 Å². The molecule has 1 heterocycles. The lowest BCUT2D eigenvalue weighted by Crippen LogP contribution is -2.39. The van der Waals surface area contributed by atoms with E-state index in [0.717, 1.165) is 18.7 Å². The van der Waals surface area contributed by atoms with E-state index in [4.69, 9.17) is 4.74 Å². The topological polar surface area (TPSA) is 24.5 Å². The second kappa shape index (κ2) is 7.65. The van der Waals surface area contributed by atoms with Crippen molar-refractivity contribution >= 4 is 0 Å². The zero-order valence-electron chi connectivity index (χ0n) is 13.1. The summed E-state index contributed by atoms with van der Waals surface area (Å²) in [4.78, 5) is 2.59. The van der Waals surface area contributed by atoms with Crippen LogP contribution in [-0.2, 0) is 0 Å². The third-order valence-corrected chi connectivity index (χ3v) is 4.43. The second-order valence-corrected chi connectivity index (χ2v) is 5.57. The van der Waals surface area contributed by atoms with Gasteiger partial charge in [0, 0.05) is 18.6 Å². The minimum atomic E-state index is 0.445. The molecule has 112 valence electrons. The van der Waals surface area contributed by atoms with Gasteiger partial charge in [-0.25, -0.2) is 0 Å². The minimum Gasteiger partial charge on any atom is -0.497 e. The maximum absolute atomic E-state index is 5.23. The second-order valence-electron chi connectivity index (χ2n) is 5.57. The molecule has 0 aliphatic carbocycles. The Bertz CT molecular complexity index is 390. The van der Waals surface area contributed by atoms with Gasteiger partial charge in [-0.05, 0) is 50.0 Å². The van der Waals surface area contributed by atoms with Gasteiger partial charge in [0.15, 0.2) is 0 Å². The van der Waals surface area contributed by atoms with Gasteiger partial charge in [-0.15, -0.1) is 0 Å². The van der Waals surface area contributed by atoms with E-state index in [2.05, 4.69) is 36.2 Å². The maximum atomic E-state index is 5.23. The number of nitrogens with zero attached hydrogens (tertiary/aromatic N) is 1. The Morgan fingerprint density at radius 2 is 2.05 bits per heavy atom. The molecule has 0 radical (unpaired) electrons. The summed E-state index contributed by atoms with van der Waals surface area (Å²) in [5.41, 5.74) is 1.36. The highest BCUT2D eigenvalue weighted by atomic mass is 16.5. The zero-order chi connectivity index (χ0) is 14.4. The molecule has 1 aromatic carbocycles. The predicted molar refractivity (Wildman–Crippen MR) is 84.3 cm³/mol. The van der Waals surface area contributed by atoms with Crippen LogP contribution in [0.5, 0.6) is 5.75 Å². The van der Waals surface area contributed by atoms with E-state index in [1.54, 1.807) is 7.11 Å². The molecule has 1 aliphatic rings. The van der Waals surface area contributed by atoms with Gasteiger partial charge in [-0.1, -0.05) is 26.0 Å². The van der Waals surface area contributed by atoms with Crippen molar-refractivity contribution in [3.63, 3.8) is 0 Å². The lowest BCUT2D eigenvalue weighted by Gasteiger charge is -2.26. The normalized spacial score (nSPS) is 21.1. The summed E-state index contributed by atoms with van der Waals surface area (Å²) in [6.45, 7) is 8.04. The molecule has 3 nitrogen and oxygen atoms in total. The van der Waals surface area contributed by atoms with Crippen molar-refractivity contribution in [2.24, 2.45) is 0 Å². The quantitative estimate of drug-likeness (QED) is 0.827. The molecule has 0 saturated carbocycles. The molecular formula is C17H28N2O. The molecule has 0 spiro atoms. The molecule has 0 aromatic heterocycles. The smallest absolute Gasteiger partial charge is 0.118 e. The Balaban J connectivity index is 1.91. The fourth-order valence-electron chi connectivity index (χ4n) is 3.16. The van der Waals surface area contributed by atoms with Crippen molar-refractivity contribution < 1.29 is 4.74 Å². The van der Waals surface area contributed by atoms with E-state index < -0.39 is 0 Å². The van der Waals surface area contributed by atoms with Gasteiger partial charge in [0.1, 0.15) is 5.75 Å². The number of rotatable bonds is 7. The van der Waals surface area contributed by atoms with E-state index in [-0.39, 0.29) is 0 Å². The summed E-state index contributed by atoms with van der Waals surface area (Å²) in [5.74, 6) is 0.927. The molecule has 1 saturated heterocycles. The number of hydrogen-bond acceptors (Lipinski definition) is 3. The Kier molecular flexibility index (Phi) is 5.86. The van der Waals surface area contributed by atoms with Crippen molar-refractivity contribution in [1.82, 2.24) is 10.2 Å². The Morgan fingerprint density at radius 1 is 1.30 bits per heavy atom. The van der Waals surface area contributed by atoms with Gasteiger partial charge in [-0.2, -0.15) is 0 Å². The predicted octanol–water partition coefficient (Wildman–Crippen LogP) is 3.22. The lowest BCUT2D eigenvalue weighted by atomic mass is 10.0. The van der Waals surface area contributed by atoms with Crippen LogP contribution in [0.2, 0.25) is 0 Å². The Hall–Kier alpha value is -1.06. The fraction of sp³-hybridized carbons (Fsp3) is 0.647. The molecule has 3 heteroatoms. The van der Waals surface area contributed by atoms with Gasteiger partial charge in [0.25, 0.3) is 0 Å². The van der Waals surface area contributed by atoms with Crippen LogP contribution in [0.25, 0.3) is 0 Å². The molecule has 0 amide bonds. The third-order valence-electron chi connectivity index (χ3n) is 4.43. The molecule has 1 aliphatic heterocycles. The van der Waals surface area contributed by atoms with E-state index in [1.807, 2.05) is 12.1 Å². The molecule has 2 unspecified atom stereocenters. The Morgan fingerprint density at radius 3 is 2.65 bits per heavy atom. The first-order chi connectivity index (χ1) is 9.78. The van der Waals surface area contributed by atoms with Crippen LogP contribution in [-0.4, -0.2) is 37.7 Å². The molecule has 0 bridgehead atoms. The van der Waals surface area contributed by atoms with Crippen molar-refractivity contribution in [3.05, 3.63) is 29.8 Å². The number of benzene rings is 1. The number of likely N-dealkylation sites (tertiary alicyclic amines) is 1. The van der Waals surface area contributed by atoms with Gasteiger partial charge in [-0.3, -0.25) is 4.90 Å². The van der Waals surface area contributed by atoms with Crippen LogP contribution >= 0.6 is 0 Å². The summed E-state index contributed by atoms with van der Waals surface area (Å²) < 4.78 is 5.23. The average Bonchev–Trinajstić information content (AvgIpc) is 2.96. The first-order valence-corrected chi connectivity index (χ1v) is 7.89. The molecule has 1 fully saturated rings. The molecule has 1 N–H and O–H groups in total. The van der Waals surface area contributed by atoms with Crippen molar-refractivity contribution in [3.8, 4) is 5.75 Å². The minimum absolute atomic E-state index is 0.445. The summed E-state index contributed by atoms with van der Waals surface area (Å²) >= 11 is 0. The fourth-order valence-corrected chi connectivity index (χ4v) is 3.16. The average molecular weight is 276 g/mol. The van der Waals surface area contributed by atoms with Crippen LogP contribution in [0.4, 0.5) is 0 Å². The highest BCUT2D eigenvalue weighted by molar-refractivity contribution is 5.29. The largest absolute Gasteiger partial charge is 0.497 e. The van der Waals surface area contributed by atoms with Gasteiger partial charge >= 0.3 is 0 Å². The highest BCUT2D eigenvalue weighted by Gasteiger charge is 2.23. The van der Waals surface area contributed by atoms with E-state index in [1.165, 1.54) is 31.5 Å². The van der Waals surface area contributed by atoms with Gasteiger partial charge in [0.2, 0.25) is 0 Å². The molecule has 1 aromatic rings. The molecule has 2 rings (SSSR count). The molecule has 20 heavy (non-hydrogen) atoms. The summed E-state index contributed by atoms with van der Waals surface area (Å²) in [6, 6.07) is 9.60. The van der Waals surface area contributed by atoms with E-state index in [0.29, 0.717) is 12.1 Å². The summed E-state index contributed by atoms with van der Waals surface area (Å²) in [7, 11) is 1.71. The standard InChI is InChI=1S/C17H28N2O/c1-4-17(14-8-10-16(20-3)11-9-14)18-13-15-7-6-12-19(15)5-2/h8-11,15,17-18H,4-7,12-13H2,1-3H3. The van der Waals surface area contributed by atoms with Crippen molar-refractivity contribution in [2.75, 3.05) is 26.7 Å². The number of likely N-dealkylation sites (N-methyl/N-ethyl adjacent to an activating group) is 1. The van der Waals surface area contributed by atoms with Crippen LogP contribution in [0, 0.1) is 0 Å². The van der Waals surface area contributed by atoms with Crippen LogP contribution < -0.4 is 10.1 Å². The molecule has 2 atom stereocenters. The van der Waals surface area contributed by atoms with Crippen LogP contribution in [0.3, 0.4) is 0 Å². The highest BCUT2D eigenvalue weighted by Crippen LogP contribution is 2.21. The number of nitrogens with one attached hydrogen (secondary N) is 1. The monoisotopic (exact) mass is 276 g/mol. The Labute approximate surface area is 123 Å². The van der Waals surface area contributed by atoms with E-state index >= 15 is 0 Å². The summed E-state index contributed by atoms with van der Waals surface area (Å²) in [5, 5.41) is 3.75. The van der Waals surface area contributed by atoms with Gasteiger partial charge in [0.05, 0.1) is 7.11 Å². The first kappa shape index (κ1) is 15.3. The van der Waals surface area contributed by atoms with E-state index in [9.17, 15) is 0 Å². The maximum Gasteiger partial charge on any atom is 0.118 e. The molecular weight excluding hydrogens is 248 g/mol. The summed E-state index contributed by atoms with van der Waals surface area (Å²) in [6.07, 6.45) is 3.80. The third kappa shape index (κ3) is 3.74. The van der Waals surface area contributed by atoms with Crippen LogP contribution in [0.1, 0.15) is 44.7 Å². The number of methoxy groups -OCH3 is 1. The first-order valence-electron chi connectivity index (χ1n) is 7.89. The lowest BCUT2D eigenvalue weighted by molar-refractivity contribution is 0.253. The van der Waals surface area contributed by atoms with Crippen molar-refractivity contribution in [2.45, 2.75) is 45.2 Å². The number of ether oxygens (including phenoxy) is 1. The zero-order valence-corrected chi connectivity index (χ0v) is 13.1. The van der Waals surface area contributed by atoms with Crippen LogP contribution in [0.15, 0.2) is 24.3 Å². The number of hydrogen-bond donors (Lipinski definition) is 1.